The molecule has 1 heterocycles. The number of aliphatic imine (C=N–C) groups is 1. The van der Waals surface area contributed by atoms with Crippen LogP contribution in [-0.4, -0.2) is 38.3 Å². The van der Waals surface area contributed by atoms with Gasteiger partial charge >= 0.3 is 0 Å². The molecule has 0 aromatic carbocycles. The molecule has 23 heavy (non-hydrogen) atoms. The lowest BCUT2D eigenvalue weighted by Gasteiger charge is -2.42. The summed E-state index contributed by atoms with van der Waals surface area (Å²) in [5.74, 6) is 1.34. The molecule has 0 saturated heterocycles. The second-order valence-corrected chi connectivity index (χ2v) is 7.64. The van der Waals surface area contributed by atoms with Gasteiger partial charge in [-0.2, -0.15) is 0 Å². The summed E-state index contributed by atoms with van der Waals surface area (Å²) in [4.78, 5) is 8.98. The van der Waals surface area contributed by atoms with E-state index in [1.54, 1.807) is 18.4 Å². The summed E-state index contributed by atoms with van der Waals surface area (Å²) in [6.45, 7) is 6.87. The molecule has 1 aromatic rings. The maximum absolute atomic E-state index is 5.25. The molecule has 0 spiro atoms. The Bertz CT molecular complexity index is 508. The van der Waals surface area contributed by atoms with Gasteiger partial charge in [-0.25, -0.2) is 4.98 Å². The lowest BCUT2D eigenvalue weighted by atomic mass is 9.67. The van der Waals surface area contributed by atoms with Crippen LogP contribution in [0.3, 0.4) is 0 Å². The molecule has 0 bridgehead atoms. The Labute approximate surface area is 144 Å². The third-order valence-electron chi connectivity index (χ3n) is 4.67. The van der Waals surface area contributed by atoms with Crippen LogP contribution in [-0.2, 0) is 11.3 Å². The van der Waals surface area contributed by atoms with Crippen LogP contribution in [0.25, 0.3) is 0 Å². The molecule has 0 aliphatic heterocycles. The predicted molar refractivity (Wildman–Crippen MR) is 97.2 cm³/mol. The third-order valence-corrected chi connectivity index (χ3v) is 5.54. The second kappa shape index (κ2) is 8.64. The molecule has 5 nitrogen and oxygen atoms in total. The molecular weight excluding hydrogens is 308 g/mol. The molecule has 1 aliphatic carbocycles. The number of hydrogen-bond donors (Lipinski definition) is 2. The number of aromatic nitrogens is 1. The van der Waals surface area contributed by atoms with E-state index in [9.17, 15) is 0 Å². The zero-order valence-corrected chi connectivity index (χ0v) is 15.6. The number of nitrogens with one attached hydrogen (secondary N) is 2. The first-order chi connectivity index (χ1) is 11.1. The largest absolute Gasteiger partial charge is 0.385 e. The Morgan fingerprint density at radius 2 is 2.22 bits per heavy atom. The van der Waals surface area contributed by atoms with E-state index in [0.29, 0.717) is 11.3 Å². The van der Waals surface area contributed by atoms with Gasteiger partial charge < -0.3 is 15.4 Å². The van der Waals surface area contributed by atoms with Gasteiger partial charge in [0.1, 0.15) is 5.01 Å². The van der Waals surface area contributed by atoms with E-state index in [1.807, 2.05) is 7.05 Å². The third kappa shape index (κ3) is 5.18. The zero-order valence-electron chi connectivity index (χ0n) is 14.8. The molecule has 0 unspecified atom stereocenters. The highest BCUT2D eigenvalue weighted by Gasteiger charge is 2.36. The first-order valence-electron chi connectivity index (χ1n) is 8.46. The van der Waals surface area contributed by atoms with Gasteiger partial charge in [-0.05, 0) is 30.6 Å². The minimum atomic E-state index is 0.389. The molecule has 0 radical (unpaired) electrons. The van der Waals surface area contributed by atoms with Crippen molar-refractivity contribution >= 4 is 17.3 Å². The standard InChI is InChI=1S/C17H30N4OS/c1-13(2)14-11-23-15(21-14)10-19-16(18-3)20-12-17(6-5-7-17)8-9-22-4/h11,13H,5-10,12H2,1-4H3,(H2,18,19,20). The predicted octanol–water partition coefficient (Wildman–Crippen LogP) is 3.14. The topological polar surface area (TPSA) is 58.5 Å². The van der Waals surface area contributed by atoms with Gasteiger partial charge in [-0.3, -0.25) is 4.99 Å². The van der Waals surface area contributed by atoms with Crippen molar-refractivity contribution in [3.8, 4) is 0 Å². The Balaban J connectivity index is 1.78. The smallest absolute Gasteiger partial charge is 0.191 e. The molecule has 130 valence electrons. The first kappa shape index (κ1) is 18.2. The van der Waals surface area contributed by atoms with Crippen molar-refractivity contribution < 1.29 is 4.74 Å². The van der Waals surface area contributed by atoms with Gasteiger partial charge in [0.05, 0.1) is 12.2 Å². The van der Waals surface area contributed by atoms with E-state index < -0.39 is 0 Å². The molecule has 1 aromatic heterocycles. The maximum atomic E-state index is 5.25. The lowest BCUT2D eigenvalue weighted by molar-refractivity contribution is 0.0732. The van der Waals surface area contributed by atoms with E-state index in [1.165, 1.54) is 25.0 Å². The summed E-state index contributed by atoms with van der Waals surface area (Å²) >= 11 is 1.71. The van der Waals surface area contributed by atoms with Crippen LogP contribution in [0.15, 0.2) is 10.4 Å². The van der Waals surface area contributed by atoms with Crippen molar-refractivity contribution in [2.45, 2.75) is 52.0 Å². The summed E-state index contributed by atoms with van der Waals surface area (Å²) in [6, 6.07) is 0. The zero-order chi connectivity index (χ0) is 16.7. The molecule has 2 N–H and O–H groups in total. The molecular formula is C17H30N4OS. The van der Waals surface area contributed by atoms with E-state index in [4.69, 9.17) is 4.74 Å². The quantitative estimate of drug-likeness (QED) is 0.565. The van der Waals surface area contributed by atoms with Crippen LogP contribution in [0.5, 0.6) is 0 Å². The van der Waals surface area contributed by atoms with Gasteiger partial charge in [-0.1, -0.05) is 20.3 Å². The minimum Gasteiger partial charge on any atom is -0.385 e. The van der Waals surface area contributed by atoms with Crippen molar-refractivity contribution in [3.63, 3.8) is 0 Å². The van der Waals surface area contributed by atoms with Crippen LogP contribution >= 0.6 is 11.3 Å². The van der Waals surface area contributed by atoms with Gasteiger partial charge in [0.15, 0.2) is 5.96 Å². The number of guanidine groups is 1. The average molecular weight is 339 g/mol. The lowest BCUT2D eigenvalue weighted by Crippen LogP contribution is -2.46. The van der Waals surface area contributed by atoms with Crippen molar-refractivity contribution in [2.75, 3.05) is 27.3 Å². The number of methoxy groups -OCH3 is 1. The van der Waals surface area contributed by atoms with Crippen molar-refractivity contribution in [1.29, 1.82) is 0 Å². The molecule has 0 atom stereocenters. The Hall–Kier alpha value is -1.14. The van der Waals surface area contributed by atoms with Crippen LogP contribution < -0.4 is 10.6 Å². The van der Waals surface area contributed by atoms with Gasteiger partial charge in [-0.15, -0.1) is 11.3 Å². The minimum absolute atomic E-state index is 0.389. The maximum Gasteiger partial charge on any atom is 0.191 e. The number of hydrogen-bond acceptors (Lipinski definition) is 4. The highest BCUT2D eigenvalue weighted by molar-refractivity contribution is 7.09. The van der Waals surface area contributed by atoms with Crippen molar-refractivity contribution in [1.82, 2.24) is 15.6 Å². The summed E-state index contributed by atoms with van der Waals surface area (Å²) in [7, 11) is 3.60. The van der Waals surface area contributed by atoms with Crippen LogP contribution in [0, 0.1) is 5.41 Å². The van der Waals surface area contributed by atoms with Crippen molar-refractivity contribution in [3.05, 3.63) is 16.1 Å². The molecule has 0 amide bonds. The average Bonchev–Trinajstić information content (AvgIpc) is 2.98. The summed E-state index contributed by atoms with van der Waals surface area (Å²) in [6.07, 6.45) is 5.02. The summed E-state index contributed by atoms with van der Waals surface area (Å²) in [5, 5.41) is 10.1. The fourth-order valence-corrected chi connectivity index (χ4v) is 3.73. The molecule has 1 fully saturated rings. The normalized spacial score (nSPS) is 17.2. The Kier molecular flexibility index (Phi) is 6.84. The number of rotatable bonds is 8. The van der Waals surface area contributed by atoms with E-state index in [-0.39, 0.29) is 0 Å². The summed E-state index contributed by atoms with van der Waals surface area (Å²) in [5.41, 5.74) is 1.56. The van der Waals surface area contributed by atoms with E-state index in [2.05, 4.69) is 39.8 Å². The molecule has 6 heteroatoms. The van der Waals surface area contributed by atoms with E-state index >= 15 is 0 Å². The fourth-order valence-electron chi connectivity index (χ4n) is 2.83. The number of thiazole rings is 1. The molecule has 2 rings (SSSR count). The number of ether oxygens (including phenoxy) is 1. The fraction of sp³-hybridized carbons (Fsp3) is 0.765. The second-order valence-electron chi connectivity index (χ2n) is 6.70. The van der Waals surface area contributed by atoms with Crippen LogP contribution in [0.2, 0.25) is 0 Å². The molecule has 1 saturated carbocycles. The van der Waals surface area contributed by atoms with Crippen molar-refractivity contribution in [2.24, 2.45) is 10.4 Å². The first-order valence-corrected chi connectivity index (χ1v) is 9.34. The Morgan fingerprint density at radius 3 is 2.74 bits per heavy atom. The summed E-state index contributed by atoms with van der Waals surface area (Å²) < 4.78 is 5.25. The highest BCUT2D eigenvalue weighted by Crippen LogP contribution is 2.43. The van der Waals surface area contributed by atoms with Gasteiger partial charge in [0.2, 0.25) is 0 Å². The van der Waals surface area contributed by atoms with Crippen LogP contribution in [0.4, 0.5) is 0 Å². The van der Waals surface area contributed by atoms with E-state index in [0.717, 1.165) is 37.1 Å². The van der Waals surface area contributed by atoms with Crippen LogP contribution in [0.1, 0.15) is 56.2 Å². The number of nitrogens with zero attached hydrogens (tertiary/aromatic N) is 2. The highest BCUT2D eigenvalue weighted by atomic mass is 32.1. The monoisotopic (exact) mass is 338 g/mol. The Morgan fingerprint density at radius 1 is 1.43 bits per heavy atom. The van der Waals surface area contributed by atoms with Gasteiger partial charge in [0.25, 0.3) is 0 Å². The molecule has 1 aliphatic rings. The van der Waals surface area contributed by atoms with Gasteiger partial charge in [0, 0.05) is 32.7 Å². The SMILES string of the molecule is CN=C(NCc1nc(C(C)C)cs1)NCC1(CCOC)CCC1.